The van der Waals surface area contributed by atoms with E-state index in [0.29, 0.717) is 21.6 Å². The van der Waals surface area contributed by atoms with E-state index in [1.165, 1.54) is 4.85 Å². The van der Waals surface area contributed by atoms with Gasteiger partial charge in [-0.3, -0.25) is 0 Å². The summed E-state index contributed by atoms with van der Waals surface area (Å²) < 4.78 is 0. The van der Waals surface area contributed by atoms with E-state index < -0.39 is 0 Å². The number of benzene rings is 2. The molecule has 0 fully saturated rings. The molecular formula is C13H8Cl2N4O. The molecule has 0 radical (unpaired) electrons. The van der Waals surface area contributed by atoms with Gasteiger partial charge in [0.05, 0.1) is 0 Å². The summed E-state index contributed by atoms with van der Waals surface area (Å²) >= 11 is 11.7. The van der Waals surface area contributed by atoms with Gasteiger partial charge in [-0.15, -0.1) is 5.10 Å². The Balaban J connectivity index is 1.90. The Morgan fingerprint density at radius 3 is 2.10 bits per heavy atom. The lowest BCUT2D eigenvalue weighted by Gasteiger charge is -2.06. The van der Waals surface area contributed by atoms with Crippen LogP contribution in [0.4, 0.5) is 0 Å². The lowest BCUT2D eigenvalue weighted by Crippen LogP contribution is -2.09. The number of nitrogens with zero attached hydrogens (tertiary/aromatic N) is 4. The van der Waals surface area contributed by atoms with E-state index >= 15 is 0 Å². The van der Waals surface area contributed by atoms with Crippen LogP contribution in [0.5, 0.6) is 5.75 Å². The summed E-state index contributed by atoms with van der Waals surface area (Å²) in [6.45, 7) is 0. The van der Waals surface area contributed by atoms with Crippen LogP contribution in [0.25, 0.3) is 11.4 Å². The number of hydrogen-bond donors (Lipinski definition) is 0. The molecule has 1 heterocycles. The molecule has 20 heavy (non-hydrogen) atoms. The number of hydrogen-bond acceptors (Lipinski definition) is 4. The van der Waals surface area contributed by atoms with E-state index in [0.717, 1.165) is 5.56 Å². The van der Waals surface area contributed by atoms with Crippen molar-refractivity contribution >= 4 is 23.2 Å². The van der Waals surface area contributed by atoms with Crippen LogP contribution in [0.3, 0.4) is 0 Å². The van der Waals surface area contributed by atoms with Gasteiger partial charge < -0.3 is 4.84 Å². The van der Waals surface area contributed by atoms with Crippen LogP contribution in [-0.4, -0.2) is 20.4 Å². The highest BCUT2D eigenvalue weighted by molar-refractivity contribution is 6.30. The smallest absolute Gasteiger partial charge is 0.222 e. The molecule has 0 N–H and O–H groups in total. The molecule has 0 aliphatic carbocycles. The van der Waals surface area contributed by atoms with Crippen LogP contribution in [0, 0.1) is 0 Å². The predicted octanol–water partition coefficient (Wildman–Crippen LogP) is 3.49. The largest absolute Gasteiger partial charge is 0.354 e. The minimum Gasteiger partial charge on any atom is -0.354 e. The maximum atomic E-state index is 5.86. The molecule has 0 bridgehead atoms. The predicted molar refractivity (Wildman–Crippen MR) is 75.7 cm³/mol. The second-order valence-electron chi connectivity index (χ2n) is 3.93. The SMILES string of the molecule is Clc1ccc(On2nnnc2-c2ccc(Cl)cc2)cc1. The maximum Gasteiger partial charge on any atom is 0.222 e. The summed E-state index contributed by atoms with van der Waals surface area (Å²) in [4.78, 5) is 6.82. The van der Waals surface area contributed by atoms with Gasteiger partial charge in [-0.2, -0.15) is 0 Å². The summed E-state index contributed by atoms with van der Waals surface area (Å²) in [6.07, 6.45) is 0. The van der Waals surface area contributed by atoms with E-state index in [1.807, 2.05) is 12.1 Å². The van der Waals surface area contributed by atoms with E-state index in [1.54, 1.807) is 36.4 Å². The van der Waals surface area contributed by atoms with Crippen molar-refractivity contribution in [2.45, 2.75) is 0 Å². The molecule has 3 rings (SSSR count). The molecule has 3 aromatic rings. The number of aromatic nitrogens is 4. The maximum absolute atomic E-state index is 5.86. The molecule has 5 nitrogen and oxygen atoms in total. The lowest BCUT2D eigenvalue weighted by molar-refractivity contribution is 0.177. The van der Waals surface area contributed by atoms with Crippen molar-refractivity contribution in [2.24, 2.45) is 0 Å². The van der Waals surface area contributed by atoms with Crippen LogP contribution in [0.1, 0.15) is 0 Å². The molecule has 0 spiro atoms. The number of tetrazole rings is 1. The highest BCUT2D eigenvalue weighted by Crippen LogP contribution is 2.20. The van der Waals surface area contributed by atoms with Gasteiger partial charge in [-0.05, 0) is 59.0 Å². The average molecular weight is 307 g/mol. The second-order valence-corrected chi connectivity index (χ2v) is 4.80. The molecule has 0 aliphatic rings. The zero-order chi connectivity index (χ0) is 13.9. The molecular weight excluding hydrogens is 299 g/mol. The van der Waals surface area contributed by atoms with Gasteiger partial charge in [-0.1, -0.05) is 28.0 Å². The normalized spacial score (nSPS) is 10.5. The van der Waals surface area contributed by atoms with Crippen LogP contribution >= 0.6 is 23.2 Å². The van der Waals surface area contributed by atoms with Gasteiger partial charge >= 0.3 is 0 Å². The third-order valence-electron chi connectivity index (χ3n) is 2.55. The Morgan fingerprint density at radius 1 is 0.850 bits per heavy atom. The standard InChI is InChI=1S/C13H8Cl2N4O/c14-10-3-1-9(2-4-10)13-16-17-18-19(13)20-12-7-5-11(15)6-8-12/h1-8H. The fourth-order valence-electron chi connectivity index (χ4n) is 1.60. The summed E-state index contributed by atoms with van der Waals surface area (Å²) in [5.74, 6) is 1.06. The molecule has 0 unspecified atom stereocenters. The van der Waals surface area contributed by atoms with Crippen molar-refractivity contribution in [3.05, 3.63) is 58.6 Å². The topological polar surface area (TPSA) is 52.8 Å². The fraction of sp³-hybridized carbons (Fsp3) is 0. The first-order valence-corrected chi connectivity index (χ1v) is 6.46. The Morgan fingerprint density at radius 2 is 1.45 bits per heavy atom. The Labute approximate surface area is 124 Å². The molecule has 0 saturated heterocycles. The Hall–Kier alpha value is -2.11. The van der Waals surface area contributed by atoms with Gasteiger partial charge in [-0.25, -0.2) is 0 Å². The first kappa shape index (κ1) is 12.9. The highest BCUT2D eigenvalue weighted by atomic mass is 35.5. The molecule has 0 aliphatic heterocycles. The van der Waals surface area contributed by atoms with Gasteiger partial charge in [0.25, 0.3) is 0 Å². The summed E-state index contributed by atoms with van der Waals surface area (Å²) in [7, 11) is 0. The van der Waals surface area contributed by atoms with Crippen molar-refractivity contribution in [1.82, 2.24) is 20.4 Å². The molecule has 0 amide bonds. The third-order valence-corrected chi connectivity index (χ3v) is 3.05. The number of rotatable bonds is 3. The monoisotopic (exact) mass is 306 g/mol. The van der Waals surface area contributed by atoms with Crippen molar-refractivity contribution in [3.63, 3.8) is 0 Å². The minimum atomic E-state index is 0.483. The average Bonchev–Trinajstić information content (AvgIpc) is 2.90. The van der Waals surface area contributed by atoms with Crippen molar-refractivity contribution in [3.8, 4) is 17.1 Å². The Bertz CT molecular complexity index is 710. The molecule has 2 aromatic carbocycles. The summed E-state index contributed by atoms with van der Waals surface area (Å²) in [5.41, 5.74) is 0.799. The molecule has 7 heteroatoms. The van der Waals surface area contributed by atoms with Crippen LogP contribution < -0.4 is 4.84 Å². The fourth-order valence-corrected chi connectivity index (χ4v) is 1.86. The first-order chi connectivity index (χ1) is 9.72. The van der Waals surface area contributed by atoms with Crippen LogP contribution in [0.2, 0.25) is 10.0 Å². The van der Waals surface area contributed by atoms with E-state index in [2.05, 4.69) is 15.5 Å². The zero-order valence-corrected chi connectivity index (χ0v) is 11.6. The lowest BCUT2D eigenvalue weighted by atomic mass is 10.2. The van der Waals surface area contributed by atoms with Gasteiger partial charge in [0.1, 0.15) is 0 Å². The second kappa shape index (κ2) is 5.48. The summed E-state index contributed by atoms with van der Waals surface area (Å²) in [5, 5.41) is 12.6. The molecule has 1 aromatic heterocycles. The molecule has 0 saturated carbocycles. The first-order valence-electron chi connectivity index (χ1n) is 5.70. The highest BCUT2D eigenvalue weighted by Gasteiger charge is 2.10. The van der Waals surface area contributed by atoms with Gasteiger partial charge in [0.15, 0.2) is 5.75 Å². The van der Waals surface area contributed by atoms with Crippen LogP contribution in [0.15, 0.2) is 48.5 Å². The van der Waals surface area contributed by atoms with Gasteiger partial charge in [0, 0.05) is 15.6 Å². The van der Waals surface area contributed by atoms with E-state index in [4.69, 9.17) is 28.0 Å². The van der Waals surface area contributed by atoms with E-state index in [-0.39, 0.29) is 0 Å². The quantitative estimate of drug-likeness (QED) is 0.743. The van der Waals surface area contributed by atoms with Gasteiger partial charge in [0.2, 0.25) is 5.82 Å². The summed E-state index contributed by atoms with van der Waals surface area (Å²) in [6, 6.07) is 14.1. The third kappa shape index (κ3) is 2.74. The zero-order valence-electron chi connectivity index (χ0n) is 10.1. The van der Waals surface area contributed by atoms with Crippen molar-refractivity contribution in [2.75, 3.05) is 0 Å². The Kier molecular flexibility index (Phi) is 3.54. The number of halogens is 2. The van der Waals surface area contributed by atoms with E-state index in [9.17, 15) is 0 Å². The van der Waals surface area contributed by atoms with Crippen molar-refractivity contribution < 1.29 is 4.84 Å². The molecule has 0 atom stereocenters. The minimum absolute atomic E-state index is 0.483. The molecule has 100 valence electrons. The van der Waals surface area contributed by atoms with Crippen molar-refractivity contribution in [1.29, 1.82) is 0 Å². The van der Waals surface area contributed by atoms with Crippen LogP contribution in [-0.2, 0) is 0 Å².